The smallest absolute Gasteiger partial charge is 0.269 e. The molecule has 0 amide bonds. The largest absolute Gasteiger partial charge is 0.394 e. The normalized spacial score (nSPS) is 37.4. The van der Waals surface area contributed by atoms with Gasteiger partial charge >= 0.3 is 0 Å². The number of aliphatic hydroxyl groups is 8. The maximum atomic E-state index is 13.8. The van der Waals surface area contributed by atoms with E-state index < -0.39 is 132 Å². The Labute approximate surface area is 277 Å². The third-order valence-corrected chi connectivity index (χ3v) is 8.87. The number of nitrogens with zero attached hydrogens (tertiary/aromatic N) is 1. The number of ketones is 2. The Morgan fingerprint density at radius 2 is 1.63 bits per heavy atom. The van der Waals surface area contributed by atoms with Crippen LogP contribution in [0, 0.1) is 10.1 Å². The minimum Gasteiger partial charge on any atom is -0.394 e. The zero-order valence-corrected chi connectivity index (χ0v) is 26.3. The molecule has 49 heavy (non-hydrogen) atoms. The van der Waals surface area contributed by atoms with Gasteiger partial charge in [0.1, 0.15) is 60.7 Å². The molecule has 3 rings (SSSR count). The van der Waals surface area contributed by atoms with Gasteiger partial charge in [-0.25, -0.2) is 0 Å². The Morgan fingerprint density at radius 3 is 2.08 bits per heavy atom. The molecule has 21 heteroatoms. The van der Waals surface area contributed by atoms with E-state index in [1.54, 1.807) is 0 Å². The van der Waals surface area contributed by atoms with Crippen LogP contribution in [-0.2, 0) is 38.9 Å². The van der Waals surface area contributed by atoms with E-state index in [0.717, 1.165) is 38.1 Å². The Hall–Kier alpha value is -2.97. The molecule has 2 aliphatic heterocycles. The van der Waals surface area contributed by atoms with Crippen LogP contribution in [0.15, 0.2) is 24.3 Å². The summed E-state index contributed by atoms with van der Waals surface area (Å²) in [4.78, 5) is 49.6. The molecule has 14 atom stereocenters. The van der Waals surface area contributed by atoms with Crippen molar-refractivity contribution in [2.45, 2.75) is 98.0 Å². The Bertz CT molecular complexity index is 1350. The Balaban J connectivity index is 2.40. The molecule has 2 aliphatic rings. The van der Waals surface area contributed by atoms with Gasteiger partial charge in [0.2, 0.25) is 0 Å². The first-order valence-electron chi connectivity index (χ1n) is 14.8. The standard InChI is InChI=1S/C28H42N4O17/c1-11(37)27(31)26(43,13-3-5-14(6-4-13)32(44)45)24(47-25-19(30)22(42)21(41)17(9-35)46-25)18(10-36)48-28(27,12(2)38)49-23(16(39)8-34)20(40)15(29)7-33/h3-7,15-25,34-36,39-43H,8-10,29-31H2,1-2H3/t15-,16+,17+,18+,19+,20+,21+,22+,23+,24-,25-,26-,27-,28+/m0/s1. The topological polar surface area (TPSA) is 371 Å². The van der Waals surface area contributed by atoms with Crippen LogP contribution in [0.4, 0.5) is 5.69 Å². The highest BCUT2D eigenvalue weighted by Crippen LogP contribution is 2.52. The number of carbonyl (C=O) groups excluding carboxylic acids is 3. The fourth-order valence-corrected chi connectivity index (χ4v) is 6.07. The lowest BCUT2D eigenvalue weighted by molar-refractivity contribution is -0.398. The zero-order valence-electron chi connectivity index (χ0n) is 26.3. The molecule has 2 saturated heterocycles. The Kier molecular flexibility index (Phi) is 12.8. The SMILES string of the molecule is CC(=O)[C@]1(O[C@@H]([C@H](O)[C@@H](N)C=O)[C@H](O)CO)O[C@H](CO)[C@H](O[C@@H]2O[C@H](CO)[C@@H](O)[C@H](O)[C@H]2N)[C@@](O)(c2ccc([N+](=O)[O-])cc2)[C@@]1(N)C(C)=O. The van der Waals surface area contributed by atoms with Crippen molar-refractivity contribution in [2.75, 3.05) is 19.8 Å². The van der Waals surface area contributed by atoms with Crippen molar-refractivity contribution in [3.8, 4) is 0 Å². The number of carbonyl (C=O) groups is 3. The summed E-state index contributed by atoms with van der Waals surface area (Å²) < 4.78 is 23.1. The predicted molar refractivity (Wildman–Crippen MR) is 159 cm³/mol. The van der Waals surface area contributed by atoms with Gasteiger partial charge in [-0.1, -0.05) is 0 Å². The molecule has 0 saturated carbocycles. The molecule has 0 unspecified atom stereocenters. The number of rotatable bonds is 15. The molecule has 1 aromatic rings. The lowest BCUT2D eigenvalue weighted by Crippen LogP contribution is -2.87. The van der Waals surface area contributed by atoms with E-state index in [0.29, 0.717) is 0 Å². The fourth-order valence-electron chi connectivity index (χ4n) is 6.07. The lowest BCUT2D eigenvalue weighted by Gasteiger charge is -2.61. The first-order valence-corrected chi connectivity index (χ1v) is 14.8. The molecular formula is C28H42N4O17. The minimum atomic E-state index is -3.37. The van der Waals surface area contributed by atoms with Crippen molar-refractivity contribution in [3.05, 3.63) is 39.9 Å². The number of non-ortho nitro benzene ring substituents is 1. The highest BCUT2D eigenvalue weighted by atomic mass is 16.8. The van der Waals surface area contributed by atoms with Gasteiger partial charge in [-0.2, -0.15) is 0 Å². The van der Waals surface area contributed by atoms with Crippen LogP contribution < -0.4 is 17.2 Å². The molecule has 0 spiro atoms. The molecule has 0 radical (unpaired) electrons. The van der Waals surface area contributed by atoms with Crippen molar-refractivity contribution < 1.29 is 79.1 Å². The second-order valence-electron chi connectivity index (χ2n) is 11.8. The number of aldehydes is 1. The van der Waals surface area contributed by atoms with Crippen molar-refractivity contribution in [1.82, 2.24) is 0 Å². The number of nitro benzene ring substituents is 1. The maximum absolute atomic E-state index is 13.8. The summed E-state index contributed by atoms with van der Waals surface area (Å²) >= 11 is 0. The number of aliphatic hydroxyl groups excluding tert-OH is 7. The number of ether oxygens (including phenoxy) is 4. The predicted octanol–water partition coefficient (Wildman–Crippen LogP) is -6.48. The molecule has 0 bridgehead atoms. The number of Topliss-reactive ketones (excluding diaryl/α,β-unsaturated/α-hetero) is 2. The van der Waals surface area contributed by atoms with E-state index in [2.05, 4.69) is 0 Å². The van der Waals surface area contributed by atoms with Crippen LogP contribution in [0.3, 0.4) is 0 Å². The fraction of sp³-hybridized carbons (Fsp3) is 0.679. The molecule has 0 aromatic heterocycles. The number of nitrogens with two attached hydrogens (primary N) is 3. The quantitative estimate of drug-likeness (QED) is 0.0458. The van der Waals surface area contributed by atoms with E-state index in [1.807, 2.05) is 0 Å². The summed E-state index contributed by atoms with van der Waals surface area (Å²) in [5, 5.41) is 96.6. The van der Waals surface area contributed by atoms with Crippen LogP contribution in [-0.4, -0.2) is 162 Å². The van der Waals surface area contributed by atoms with Crippen molar-refractivity contribution in [2.24, 2.45) is 17.2 Å². The first kappa shape index (κ1) is 40.5. The second-order valence-corrected chi connectivity index (χ2v) is 11.8. The third kappa shape index (κ3) is 6.76. The summed E-state index contributed by atoms with van der Waals surface area (Å²) in [5.74, 6) is -6.06. The maximum Gasteiger partial charge on any atom is 0.269 e. The van der Waals surface area contributed by atoms with E-state index in [1.165, 1.54) is 0 Å². The molecule has 276 valence electrons. The van der Waals surface area contributed by atoms with Crippen LogP contribution >= 0.6 is 0 Å². The van der Waals surface area contributed by atoms with Gasteiger partial charge in [-0.3, -0.25) is 19.7 Å². The number of benzene rings is 1. The first-order chi connectivity index (χ1) is 22.8. The van der Waals surface area contributed by atoms with Crippen LogP contribution in [0.2, 0.25) is 0 Å². The second kappa shape index (κ2) is 15.5. The summed E-state index contributed by atoms with van der Waals surface area (Å²) in [6.07, 6.45) is -17.9. The highest BCUT2D eigenvalue weighted by molar-refractivity contribution is 5.99. The number of hydrogen-bond acceptors (Lipinski definition) is 20. The zero-order chi connectivity index (χ0) is 37.2. The van der Waals surface area contributed by atoms with E-state index in [-0.39, 0.29) is 6.29 Å². The van der Waals surface area contributed by atoms with Gasteiger partial charge in [0, 0.05) is 19.1 Å². The van der Waals surface area contributed by atoms with E-state index in [4.69, 9.17) is 36.1 Å². The van der Waals surface area contributed by atoms with E-state index >= 15 is 0 Å². The van der Waals surface area contributed by atoms with Gasteiger partial charge in [0.15, 0.2) is 23.4 Å². The van der Waals surface area contributed by atoms with Crippen LogP contribution in [0.25, 0.3) is 0 Å². The average molecular weight is 707 g/mol. The summed E-state index contributed by atoms with van der Waals surface area (Å²) in [6, 6.07) is 0.0894. The minimum absolute atomic E-state index is 0.0278. The molecule has 2 fully saturated rings. The monoisotopic (exact) mass is 706 g/mol. The van der Waals surface area contributed by atoms with Crippen molar-refractivity contribution in [1.29, 1.82) is 0 Å². The van der Waals surface area contributed by atoms with Gasteiger partial charge in [0.05, 0.1) is 36.8 Å². The van der Waals surface area contributed by atoms with Crippen molar-refractivity contribution in [3.63, 3.8) is 0 Å². The number of nitro groups is 1. The molecule has 14 N–H and O–H groups in total. The van der Waals surface area contributed by atoms with E-state index in [9.17, 15) is 65.4 Å². The average Bonchev–Trinajstić information content (AvgIpc) is 3.08. The number of hydrogen-bond donors (Lipinski definition) is 11. The molecule has 1 aromatic carbocycles. The van der Waals surface area contributed by atoms with Crippen LogP contribution in [0.5, 0.6) is 0 Å². The van der Waals surface area contributed by atoms with Gasteiger partial charge in [-0.05, 0) is 24.6 Å². The molecular weight excluding hydrogens is 664 g/mol. The van der Waals surface area contributed by atoms with Crippen LogP contribution in [0.1, 0.15) is 19.4 Å². The highest BCUT2D eigenvalue weighted by Gasteiger charge is 2.77. The van der Waals surface area contributed by atoms with Crippen molar-refractivity contribution >= 4 is 23.5 Å². The molecule has 2 heterocycles. The third-order valence-electron chi connectivity index (χ3n) is 8.87. The summed E-state index contributed by atoms with van der Waals surface area (Å²) in [6.45, 7) is -1.79. The molecule has 0 aliphatic carbocycles. The summed E-state index contributed by atoms with van der Waals surface area (Å²) in [7, 11) is 0. The van der Waals surface area contributed by atoms with Gasteiger partial charge in [-0.15, -0.1) is 0 Å². The van der Waals surface area contributed by atoms with Gasteiger partial charge < -0.3 is 81.8 Å². The molecule has 21 nitrogen and oxygen atoms in total. The lowest BCUT2D eigenvalue weighted by atomic mass is 9.61. The summed E-state index contributed by atoms with van der Waals surface area (Å²) in [5.41, 5.74) is 10.8. The Morgan fingerprint density at radius 1 is 1.06 bits per heavy atom. The van der Waals surface area contributed by atoms with Gasteiger partial charge in [0.25, 0.3) is 11.5 Å².